The smallest absolute Gasteiger partial charge is 0.282 e. The zero-order valence-corrected chi connectivity index (χ0v) is 16.4. The first-order valence-electron chi connectivity index (χ1n) is 10.6. The number of hydrogen-bond donors (Lipinski definition) is 2. The zero-order valence-electron chi connectivity index (χ0n) is 16.4. The Kier molecular flexibility index (Phi) is 6.04. The van der Waals surface area contributed by atoms with Gasteiger partial charge in [0.15, 0.2) is 0 Å². The van der Waals surface area contributed by atoms with Crippen LogP contribution in [-0.2, 0) is 0 Å². The Hall–Kier alpha value is -2.63. The van der Waals surface area contributed by atoms with E-state index in [4.69, 9.17) is 4.99 Å². The second-order valence-electron chi connectivity index (χ2n) is 7.59. The third-order valence-corrected chi connectivity index (χ3v) is 5.46. The van der Waals surface area contributed by atoms with Crippen LogP contribution in [0.5, 0.6) is 0 Å². The summed E-state index contributed by atoms with van der Waals surface area (Å²) in [5, 5.41) is 6.75. The molecule has 0 unspecified atom stereocenters. The van der Waals surface area contributed by atoms with E-state index in [0.717, 1.165) is 74.7 Å². The highest BCUT2D eigenvalue weighted by atomic mass is 16.1. The van der Waals surface area contributed by atoms with Crippen molar-refractivity contribution in [3.8, 4) is 5.69 Å². The number of aromatic nitrogens is 2. The Morgan fingerprint density at radius 1 is 0.857 bits per heavy atom. The number of aromatic amines is 1. The van der Waals surface area contributed by atoms with E-state index in [-0.39, 0.29) is 5.56 Å². The molecule has 0 bridgehead atoms. The Morgan fingerprint density at radius 2 is 1.57 bits per heavy atom. The van der Waals surface area contributed by atoms with Crippen molar-refractivity contribution in [2.45, 2.75) is 57.8 Å². The fraction of sp³-hybridized carbons (Fsp3) is 0.500. The van der Waals surface area contributed by atoms with E-state index < -0.39 is 0 Å². The Labute approximate surface area is 165 Å². The highest BCUT2D eigenvalue weighted by molar-refractivity contribution is 6.07. The van der Waals surface area contributed by atoms with E-state index in [2.05, 4.69) is 15.4 Å². The summed E-state index contributed by atoms with van der Waals surface area (Å²) in [6.07, 6.45) is 9.83. The quantitative estimate of drug-likeness (QED) is 0.834. The molecule has 0 fully saturated rings. The predicted octanol–water partition coefficient (Wildman–Crippen LogP) is 4.30. The molecule has 1 aromatic carbocycles. The van der Waals surface area contributed by atoms with E-state index in [1.807, 2.05) is 30.3 Å². The lowest BCUT2D eigenvalue weighted by atomic mass is 10.0. The third-order valence-electron chi connectivity index (χ3n) is 5.46. The molecule has 2 aromatic rings. The number of nitrogens with one attached hydrogen (secondary N) is 2. The third kappa shape index (κ3) is 4.26. The fourth-order valence-corrected chi connectivity index (χ4v) is 3.93. The van der Waals surface area contributed by atoms with Crippen molar-refractivity contribution >= 4 is 17.4 Å². The summed E-state index contributed by atoms with van der Waals surface area (Å²) in [5.41, 5.74) is 2.39. The van der Waals surface area contributed by atoms with Gasteiger partial charge in [-0.2, -0.15) is 0 Å². The van der Waals surface area contributed by atoms with Crippen molar-refractivity contribution in [1.29, 1.82) is 0 Å². The van der Waals surface area contributed by atoms with Gasteiger partial charge in [0.05, 0.1) is 11.4 Å². The number of para-hydroxylation sites is 1. The molecule has 2 aliphatic heterocycles. The summed E-state index contributed by atoms with van der Waals surface area (Å²) in [4.78, 5) is 22.8. The Balaban J connectivity index is 1.76. The average molecular weight is 380 g/mol. The van der Waals surface area contributed by atoms with Gasteiger partial charge in [-0.1, -0.05) is 37.5 Å². The molecule has 6 heteroatoms. The Bertz CT molecular complexity index is 907. The number of aliphatic imine (C=N–C) groups is 2. The van der Waals surface area contributed by atoms with Gasteiger partial charge < -0.3 is 5.32 Å². The van der Waals surface area contributed by atoms with Crippen LogP contribution < -0.4 is 10.9 Å². The van der Waals surface area contributed by atoms with Crippen LogP contribution in [0.3, 0.4) is 0 Å². The van der Waals surface area contributed by atoms with Crippen molar-refractivity contribution in [1.82, 2.24) is 9.78 Å². The van der Waals surface area contributed by atoms with Gasteiger partial charge in [-0.3, -0.25) is 19.9 Å². The molecule has 0 spiro atoms. The molecule has 1 aromatic heterocycles. The van der Waals surface area contributed by atoms with Gasteiger partial charge in [-0.25, -0.2) is 4.68 Å². The van der Waals surface area contributed by atoms with Crippen molar-refractivity contribution < 1.29 is 0 Å². The van der Waals surface area contributed by atoms with E-state index in [9.17, 15) is 4.79 Å². The summed E-state index contributed by atoms with van der Waals surface area (Å²) in [6.45, 7) is 1.65. The highest BCUT2D eigenvalue weighted by Gasteiger charge is 2.22. The van der Waals surface area contributed by atoms with Gasteiger partial charge in [0, 0.05) is 19.5 Å². The average Bonchev–Trinajstić information content (AvgIpc) is 2.85. The van der Waals surface area contributed by atoms with Crippen LogP contribution in [0.25, 0.3) is 5.69 Å². The van der Waals surface area contributed by atoms with Gasteiger partial charge in [0.1, 0.15) is 17.2 Å². The minimum atomic E-state index is -0.0396. The zero-order chi connectivity index (χ0) is 19.2. The lowest BCUT2D eigenvalue weighted by Crippen LogP contribution is -2.22. The molecule has 28 heavy (non-hydrogen) atoms. The summed E-state index contributed by atoms with van der Waals surface area (Å²) >= 11 is 0. The van der Waals surface area contributed by atoms with Crippen molar-refractivity contribution in [3.05, 3.63) is 46.2 Å². The van der Waals surface area contributed by atoms with Crippen LogP contribution in [0.4, 0.5) is 5.82 Å². The molecular formula is C22H29N5O. The molecule has 0 saturated carbocycles. The number of H-pyrrole nitrogens is 1. The summed E-state index contributed by atoms with van der Waals surface area (Å²) in [6, 6.07) is 9.72. The van der Waals surface area contributed by atoms with Crippen LogP contribution in [0, 0.1) is 0 Å². The maximum Gasteiger partial charge on any atom is 0.282 e. The lowest BCUT2D eigenvalue weighted by molar-refractivity contribution is 0.644. The highest BCUT2D eigenvalue weighted by Crippen LogP contribution is 2.20. The maximum absolute atomic E-state index is 13.4. The van der Waals surface area contributed by atoms with Gasteiger partial charge >= 0.3 is 0 Å². The van der Waals surface area contributed by atoms with E-state index in [1.54, 1.807) is 4.68 Å². The first-order chi connectivity index (χ1) is 13.8. The molecule has 3 heterocycles. The first-order valence-corrected chi connectivity index (χ1v) is 10.6. The van der Waals surface area contributed by atoms with Crippen LogP contribution >= 0.6 is 0 Å². The molecule has 2 aliphatic rings. The molecule has 0 aliphatic carbocycles. The molecular weight excluding hydrogens is 350 g/mol. The van der Waals surface area contributed by atoms with E-state index in [0.29, 0.717) is 5.56 Å². The molecule has 0 saturated heterocycles. The van der Waals surface area contributed by atoms with Crippen LogP contribution in [0.15, 0.2) is 45.1 Å². The van der Waals surface area contributed by atoms with Gasteiger partial charge in [0.2, 0.25) is 0 Å². The number of rotatable bonds is 3. The number of hydrogen-bond acceptors (Lipinski definition) is 4. The minimum absolute atomic E-state index is 0.0396. The van der Waals surface area contributed by atoms with E-state index in [1.165, 1.54) is 19.3 Å². The van der Waals surface area contributed by atoms with Crippen LogP contribution in [0.2, 0.25) is 0 Å². The van der Waals surface area contributed by atoms with Gasteiger partial charge in [-0.05, 0) is 44.2 Å². The molecule has 0 radical (unpaired) electrons. The van der Waals surface area contributed by atoms with Gasteiger partial charge in [0.25, 0.3) is 5.56 Å². The SMILES string of the molecule is O=c1c(C2=NCCCCCC2)c(NC2=NCCCCC2)[nH]n1-c1ccccc1. The van der Waals surface area contributed by atoms with Crippen LogP contribution in [-0.4, -0.2) is 34.4 Å². The second-order valence-corrected chi connectivity index (χ2v) is 7.59. The normalized spacial score (nSPS) is 18.4. The number of nitrogens with zero attached hydrogens (tertiary/aromatic N) is 3. The minimum Gasteiger partial charge on any atom is -0.329 e. The predicted molar refractivity (Wildman–Crippen MR) is 115 cm³/mol. The number of amidine groups is 1. The number of anilines is 1. The largest absolute Gasteiger partial charge is 0.329 e. The molecule has 4 rings (SSSR count). The molecule has 0 amide bonds. The van der Waals surface area contributed by atoms with Crippen LogP contribution in [0.1, 0.15) is 63.4 Å². The van der Waals surface area contributed by atoms with Gasteiger partial charge in [-0.15, -0.1) is 0 Å². The summed E-state index contributed by atoms with van der Waals surface area (Å²) in [5.74, 6) is 1.69. The Morgan fingerprint density at radius 3 is 2.43 bits per heavy atom. The molecule has 6 nitrogen and oxygen atoms in total. The summed E-state index contributed by atoms with van der Waals surface area (Å²) < 4.78 is 1.62. The molecule has 2 N–H and O–H groups in total. The molecule has 148 valence electrons. The topological polar surface area (TPSA) is 74.5 Å². The standard InChI is InChI=1S/C22H29N5O/c28-22-20(18-13-7-1-2-9-15-23-18)21(25-19-14-8-4-10-16-24-19)26-27(22)17-11-5-3-6-12-17/h3,5-6,11-12,26H,1-2,4,7-10,13-16H2,(H,24,25). The summed E-state index contributed by atoms with van der Waals surface area (Å²) in [7, 11) is 0. The van der Waals surface area contributed by atoms with E-state index >= 15 is 0 Å². The number of benzene rings is 1. The monoisotopic (exact) mass is 379 g/mol. The fourth-order valence-electron chi connectivity index (χ4n) is 3.93. The van der Waals surface area contributed by atoms with Crippen molar-refractivity contribution in [2.24, 2.45) is 9.98 Å². The molecule has 0 atom stereocenters. The second kappa shape index (κ2) is 9.04. The first kappa shape index (κ1) is 18.7. The maximum atomic E-state index is 13.4. The van der Waals surface area contributed by atoms with Crippen molar-refractivity contribution in [3.63, 3.8) is 0 Å². The van der Waals surface area contributed by atoms with Crippen molar-refractivity contribution in [2.75, 3.05) is 18.4 Å². The lowest BCUT2D eigenvalue weighted by Gasteiger charge is -2.12.